The standard InChI is InChI=1S/2C12H12N2S.2C4H9.Ni/c2*13-9-5-1-3-7-11(9)15-12-8-4-2-6-10(12)14;2*1-3-4-2;/h2*1-8H,13-14H2;2*1,3-4H2,2H3;. The van der Waals surface area contributed by atoms with Crippen LogP contribution in [0.25, 0.3) is 0 Å². The first-order chi connectivity index (χ1) is 19.0. The van der Waals surface area contributed by atoms with Crippen LogP contribution in [0.3, 0.4) is 0 Å². The van der Waals surface area contributed by atoms with Crippen LogP contribution in [-0.2, 0) is 14.4 Å². The molecule has 0 saturated heterocycles. The van der Waals surface area contributed by atoms with E-state index in [1.54, 1.807) is 23.5 Å². The molecule has 8 N–H and O–H groups in total. The van der Waals surface area contributed by atoms with Crippen LogP contribution in [0.4, 0.5) is 22.7 Å². The second-order valence-corrected chi connectivity index (χ2v) is 12.2. The zero-order valence-corrected chi connectivity index (χ0v) is 25.5. The van der Waals surface area contributed by atoms with Crippen molar-refractivity contribution in [3.05, 3.63) is 97.1 Å². The van der Waals surface area contributed by atoms with E-state index in [-0.39, 0.29) is 0 Å². The molecule has 0 unspecified atom stereocenters. The molecule has 7 heteroatoms. The Morgan fingerprint density at radius 2 is 0.718 bits per heavy atom. The van der Waals surface area contributed by atoms with Gasteiger partial charge < -0.3 is 22.9 Å². The van der Waals surface area contributed by atoms with Crippen LogP contribution in [-0.4, -0.2) is 0 Å². The van der Waals surface area contributed by atoms with Crippen molar-refractivity contribution < 1.29 is 14.4 Å². The van der Waals surface area contributed by atoms with Crippen molar-refractivity contribution in [1.82, 2.24) is 0 Å². The third-order valence-electron chi connectivity index (χ3n) is 5.27. The van der Waals surface area contributed by atoms with Crippen molar-refractivity contribution in [1.29, 1.82) is 0 Å². The van der Waals surface area contributed by atoms with Crippen LogP contribution in [0.1, 0.15) is 39.5 Å². The number of nitrogen functional groups attached to an aromatic ring is 4. The Kier molecular flexibility index (Phi) is 16.1. The molecule has 4 rings (SSSR count). The van der Waals surface area contributed by atoms with E-state index >= 15 is 0 Å². The van der Waals surface area contributed by atoms with Crippen LogP contribution in [0, 0.1) is 0 Å². The van der Waals surface area contributed by atoms with Gasteiger partial charge in [-0.05, 0) is 48.5 Å². The van der Waals surface area contributed by atoms with Crippen molar-refractivity contribution in [2.75, 3.05) is 22.9 Å². The summed E-state index contributed by atoms with van der Waals surface area (Å²) < 4.78 is 0. The van der Waals surface area contributed by atoms with Gasteiger partial charge >= 0.3 is 64.8 Å². The molecule has 0 amide bonds. The van der Waals surface area contributed by atoms with Gasteiger partial charge in [0.15, 0.2) is 0 Å². The van der Waals surface area contributed by atoms with Gasteiger partial charge in [0.05, 0.1) is 0 Å². The van der Waals surface area contributed by atoms with Crippen LogP contribution >= 0.6 is 23.5 Å². The average molecular weight is 606 g/mol. The molecule has 4 aromatic carbocycles. The molecule has 0 heterocycles. The summed E-state index contributed by atoms with van der Waals surface area (Å²) in [5, 5.41) is 2.78. The predicted molar refractivity (Wildman–Crippen MR) is 171 cm³/mol. The summed E-state index contributed by atoms with van der Waals surface area (Å²) in [5.41, 5.74) is 26.6. The molecule has 0 fully saturated rings. The molecule has 0 radical (unpaired) electrons. The van der Waals surface area contributed by atoms with Crippen molar-refractivity contribution in [2.45, 2.75) is 69.9 Å². The monoisotopic (exact) mass is 604 g/mol. The van der Waals surface area contributed by atoms with E-state index in [1.807, 2.05) is 112 Å². The number of benzene rings is 4. The van der Waals surface area contributed by atoms with Gasteiger partial charge in [0.25, 0.3) is 0 Å². The molecule has 4 nitrogen and oxygen atoms in total. The van der Waals surface area contributed by atoms with E-state index < -0.39 is 0 Å². The van der Waals surface area contributed by atoms with Crippen molar-refractivity contribution in [3.8, 4) is 0 Å². The Bertz CT molecular complexity index is 1050. The van der Waals surface area contributed by atoms with Gasteiger partial charge in [0.1, 0.15) is 0 Å². The fourth-order valence-electron chi connectivity index (χ4n) is 2.99. The van der Waals surface area contributed by atoms with Crippen LogP contribution < -0.4 is 22.9 Å². The van der Waals surface area contributed by atoms with E-state index in [9.17, 15) is 0 Å². The molecule has 0 aliphatic carbocycles. The normalized spacial score (nSPS) is 10.2. The molecule has 0 aliphatic rings. The maximum absolute atomic E-state index is 5.86. The Morgan fingerprint density at radius 1 is 0.462 bits per heavy atom. The second kappa shape index (κ2) is 19.4. The summed E-state index contributed by atoms with van der Waals surface area (Å²) in [6, 6.07) is 31.1. The van der Waals surface area contributed by atoms with Gasteiger partial charge in [-0.3, -0.25) is 0 Å². The molecule has 0 atom stereocenters. The van der Waals surface area contributed by atoms with E-state index in [1.165, 1.54) is 36.5 Å². The maximum Gasteiger partial charge on any atom is 0.0455 e. The predicted octanol–water partition coefficient (Wildman–Crippen LogP) is 9.51. The first-order valence-electron chi connectivity index (χ1n) is 13.1. The van der Waals surface area contributed by atoms with Crippen molar-refractivity contribution >= 4 is 46.3 Å². The maximum atomic E-state index is 5.86. The summed E-state index contributed by atoms with van der Waals surface area (Å²) in [6.45, 7) is 4.51. The summed E-state index contributed by atoms with van der Waals surface area (Å²) in [7, 11) is 0. The van der Waals surface area contributed by atoms with E-state index in [0.717, 1.165) is 42.3 Å². The number of hydrogen-bond acceptors (Lipinski definition) is 6. The molecule has 0 aliphatic heterocycles. The van der Waals surface area contributed by atoms with E-state index in [2.05, 4.69) is 13.8 Å². The third kappa shape index (κ3) is 12.8. The molecule has 0 saturated carbocycles. The fourth-order valence-corrected chi connectivity index (χ4v) is 6.23. The van der Waals surface area contributed by atoms with Gasteiger partial charge in [-0.1, -0.05) is 72.1 Å². The van der Waals surface area contributed by atoms with E-state index in [4.69, 9.17) is 22.9 Å². The van der Waals surface area contributed by atoms with Crippen LogP contribution in [0.2, 0.25) is 10.8 Å². The molecule has 4 aromatic rings. The average Bonchev–Trinajstić information content (AvgIpc) is 2.94. The van der Waals surface area contributed by atoms with Crippen molar-refractivity contribution in [3.63, 3.8) is 0 Å². The van der Waals surface area contributed by atoms with Gasteiger partial charge in [0.2, 0.25) is 0 Å². The van der Waals surface area contributed by atoms with Crippen LogP contribution in [0.15, 0.2) is 117 Å². The zero-order chi connectivity index (χ0) is 28.3. The fraction of sp³-hybridized carbons (Fsp3) is 0.250. The molecule has 212 valence electrons. The Labute approximate surface area is 249 Å². The quantitative estimate of drug-likeness (QED) is 0.0816. The van der Waals surface area contributed by atoms with Gasteiger partial charge in [0, 0.05) is 42.3 Å². The molecule has 39 heavy (non-hydrogen) atoms. The Morgan fingerprint density at radius 3 is 0.949 bits per heavy atom. The third-order valence-corrected chi connectivity index (χ3v) is 9.03. The number of para-hydroxylation sites is 4. The summed E-state index contributed by atoms with van der Waals surface area (Å²) in [5.74, 6) is 0. The minimum atomic E-state index is 0.783. The second-order valence-electron chi connectivity index (χ2n) is 8.54. The SMILES string of the molecule is CCC[CH2][Ni][CH2]CCC.Nc1ccccc1Sc1ccccc1N.Nc1ccccc1Sc1ccccc1N. The molecule has 0 bridgehead atoms. The number of anilines is 4. The van der Waals surface area contributed by atoms with Gasteiger partial charge in [-0.25, -0.2) is 0 Å². The Hall–Kier alpha value is -2.73. The molecular formula is C32H42N4NiS2. The molecule has 0 spiro atoms. The van der Waals surface area contributed by atoms with Gasteiger partial charge in [-0.2, -0.15) is 0 Å². The Balaban J connectivity index is 0.000000213. The van der Waals surface area contributed by atoms with Gasteiger partial charge in [-0.15, -0.1) is 0 Å². The number of nitrogens with two attached hydrogens (primary N) is 4. The van der Waals surface area contributed by atoms with E-state index in [0.29, 0.717) is 0 Å². The number of rotatable bonds is 10. The molecular weight excluding hydrogens is 563 g/mol. The number of unbranched alkanes of at least 4 members (excludes halogenated alkanes) is 2. The zero-order valence-electron chi connectivity index (χ0n) is 22.9. The largest absolute Gasteiger partial charge is 0.398 e. The van der Waals surface area contributed by atoms with Crippen molar-refractivity contribution in [2.24, 2.45) is 0 Å². The smallest absolute Gasteiger partial charge is 0.0455 e. The summed E-state index contributed by atoms with van der Waals surface area (Å²) in [4.78, 5) is 4.15. The summed E-state index contributed by atoms with van der Waals surface area (Å²) in [6.07, 6.45) is 5.52. The number of hydrogen-bond donors (Lipinski definition) is 4. The molecule has 0 aromatic heterocycles. The van der Waals surface area contributed by atoms with Crippen LogP contribution in [0.5, 0.6) is 0 Å². The minimum Gasteiger partial charge on any atom is -0.398 e. The first kappa shape index (κ1) is 32.5. The summed E-state index contributed by atoms with van der Waals surface area (Å²) >= 11 is 5.12. The minimum absolute atomic E-state index is 0.783. The topological polar surface area (TPSA) is 104 Å². The first-order valence-corrected chi connectivity index (χ1v) is 16.2.